The van der Waals surface area contributed by atoms with E-state index in [2.05, 4.69) is 0 Å². The number of carbonyl (C=O) groups excluding carboxylic acids is 1. The Balaban J connectivity index is 1.78. The lowest BCUT2D eigenvalue weighted by atomic mass is 9.89. The first-order chi connectivity index (χ1) is 10.5. The summed E-state index contributed by atoms with van der Waals surface area (Å²) in [6.45, 7) is 1.58. The number of β-amino-alcohol motifs (C(OH)–C–C–N with tert-alkyl or cyclic N) is 1. The fourth-order valence-corrected chi connectivity index (χ4v) is 3.06. The Kier molecular flexibility index (Phi) is 5.80. The zero-order valence-electron chi connectivity index (χ0n) is 13.0. The van der Waals surface area contributed by atoms with Crippen LogP contribution in [0.2, 0.25) is 0 Å². The summed E-state index contributed by atoms with van der Waals surface area (Å²) in [7, 11) is 0. The lowest BCUT2D eigenvalue weighted by molar-refractivity contribution is -0.138. The minimum absolute atomic E-state index is 0.105. The van der Waals surface area contributed by atoms with E-state index in [1.165, 1.54) is 0 Å². The maximum Gasteiger partial charge on any atom is 0.222 e. The second kappa shape index (κ2) is 7.61. The number of amides is 1. The number of piperidine rings is 1. The van der Waals surface area contributed by atoms with Gasteiger partial charge in [0.25, 0.3) is 0 Å². The molecule has 1 aromatic carbocycles. The minimum atomic E-state index is -0.806. The van der Waals surface area contributed by atoms with Gasteiger partial charge in [0.1, 0.15) is 5.75 Å². The van der Waals surface area contributed by atoms with Crippen molar-refractivity contribution in [2.45, 2.75) is 44.1 Å². The fourth-order valence-electron chi connectivity index (χ4n) is 3.06. The van der Waals surface area contributed by atoms with E-state index < -0.39 is 5.60 Å². The van der Waals surface area contributed by atoms with Crippen molar-refractivity contribution in [3.8, 4) is 5.75 Å². The molecule has 0 saturated carbocycles. The van der Waals surface area contributed by atoms with Gasteiger partial charge in [-0.2, -0.15) is 0 Å². The molecule has 2 rings (SSSR count). The number of hydrogen-bond acceptors (Lipinski definition) is 4. The lowest BCUT2D eigenvalue weighted by Crippen LogP contribution is -2.51. The average molecular weight is 306 g/mol. The third kappa shape index (κ3) is 4.71. The minimum Gasteiger partial charge on any atom is -0.508 e. The summed E-state index contributed by atoms with van der Waals surface area (Å²) < 4.78 is 0. The van der Waals surface area contributed by atoms with E-state index in [9.17, 15) is 15.0 Å². The molecule has 1 amide bonds. The summed E-state index contributed by atoms with van der Waals surface area (Å²) in [6, 6.07) is 7.07. The molecule has 0 bridgehead atoms. The van der Waals surface area contributed by atoms with Crippen molar-refractivity contribution in [1.82, 2.24) is 4.90 Å². The van der Waals surface area contributed by atoms with Gasteiger partial charge in [-0.1, -0.05) is 12.1 Å². The van der Waals surface area contributed by atoms with Crippen LogP contribution >= 0.6 is 0 Å². The van der Waals surface area contributed by atoms with Crippen LogP contribution in [0, 0.1) is 0 Å². The molecule has 0 spiro atoms. The first kappa shape index (κ1) is 16.8. The number of phenolic OH excluding ortho intramolecular Hbond substituents is 1. The molecule has 0 aromatic heterocycles. The molecule has 1 atom stereocenters. The first-order valence-electron chi connectivity index (χ1n) is 8.00. The standard InChI is InChI=1S/C17H26N2O3/c18-11-10-17(22)9-2-12-19(13-17)16(21)4-1-3-14-5-7-15(20)8-6-14/h5-8,20,22H,1-4,9-13,18H2. The van der Waals surface area contributed by atoms with Crippen LogP contribution in [0.5, 0.6) is 5.75 Å². The van der Waals surface area contributed by atoms with Crippen molar-refractivity contribution >= 4 is 5.91 Å². The first-order valence-corrected chi connectivity index (χ1v) is 8.00. The van der Waals surface area contributed by atoms with Gasteiger partial charge in [-0.3, -0.25) is 4.79 Å². The van der Waals surface area contributed by atoms with E-state index in [0.29, 0.717) is 25.9 Å². The van der Waals surface area contributed by atoms with Crippen LogP contribution < -0.4 is 5.73 Å². The Labute approximate surface area is 131 Å². The van der Waals surface area contributed by atoms with Crippen molar-refractivity contribution in [2.75, 3.05) is 19.6 Å². The van der Waals surface area contributed by atoms with Crippen LogP contribution in [0.15, 0.2) is 24.3 Å². The summed E-state index contributed by atoms with van der Waals surface area (Å²) in [5.41, 5.74) is 5.85. The number of nitrogens with two attached hydrogens (primary N) is 1. The number of likely N-dealkylation sites (tertiary alicyclic amines) is 1. The smallest absolute Gasteiger partial charge is 0.222 e. The molecule has 0 aliphatic carbocycles. The number of nitrogens with zero attached hydrogens (tertiary/aromatic N) is 1. The molecule has 1 fully saturated rings. The SMILES string of the molecule is NCCC1(O)CCCN(C(=O)CCCc2ccc(O)cc2)C1. The highest BCUT2D eigenvalue weighted by Crippen LogP contribution is 2.24. The number of aryl methyl sites for hydroxylation is 1. The second-order valence-corrected chi connectivity index (χ2v) is 6.20. The molecule has 1 heterocycles. The van der Waals surface area contributed by atoms with Crippen LogP contribution in [0.1, 0.15) is 37.7 Å². The average Bonchev–Trinajstić information content (AvgIpc) is 2.49. The van der Waals surface area contributed by atoms with Crippen molar-refractivity contribution in [2.24, 2.45) is 5.73 Å². The Morgan fingerprint density at radius 2 is 2.05 bits per heavy atom. The van der Waals surface area contributed by atoms with Gasteiger partial charge in [0.05, 0.1) is 5.60 Å². The second-order valence-electron chi connectivity index (χ2n) is 6.20. The van der Waals surface area contributed by atoms with E-state index in [0.717, 1.165) is 37.8 Å². The zero-order chi connectivity index (χ0) is 16.0. The van der Waals surface area contributed by atoms with Crippen molar-refractivity contribution in [3.05, 3.63) is 29.8 Å². The van der Waals surface area contributed by atoms with Crippen LogP contribution in [0.3, 0.4) is 0 Å². The van der Waals surface area contributed by atoms with Gasteiger partial charge in [-0.15, -0.1) is 0 Å². The third-order valence-corrected chi connectivity index (χ3v) is 4.31. The van der Waals surface area contributed by atoms with Gasteiger partial charge >= 0.3 is 0 Å². The maximum atomic E-state index is 12.3. The topological polar surface area (TPSA) is 86.8 Å². The number of aromatic hydroxyl groups is 1. The number of phenols is 1. The molecule has 1 aromatic rings. The number of carbonyl (C=O) groups is 1. The van der Waals surface area contributed by atoms with Crippen molar-refractivity contribution in [3.63, 3.8) is 0 Å². The highest BCUT2D eigenvalue weighted by molar-refractivity contribution is 5.76. The lowest BCUT2D eigenvalue weighted by Gasteiger charge is -2.39. The molecule has 122 valence electrons. The summed E-state index contributed by atoms with van der Waals surface area (Å²) in [5, 5.41) is 19.7. The largest absolute Gasteiger partial charge is 0.508 e. The van der Waals surface area contributed by atoms with Gasteiger partial charge in [-0.05, 0) is 56.3 Å². The summed E-state index contributed by atoms with van der Waals surface area (Å²) >= 11 is 0. The van der Waals surface area contributed by atoms with Crippen molar-refractivity contribution in [1.29, 1.82) is 0 Å². The van der Waals surface area contributed by atoms with E-state index in [1.54, 1.807) is 17.0 Å². The van der Waals surface area contributed by atoms with Crippen LogP contribution in [0.25, 0.3) is 0 Å². The molecular formula is C17H26N2O3. The molecule has 4 N–H and O–H groups in total. The fraction of sp³-hybridized carbons (Fsp3) is 0.588. The number of rotatable bonds is 6. The van der Waals surface area contributed by atoms with Gasteiger partial charge in [-0.25, -0.2) is 0 Å². The Morgan fingerprint density at radius 1 is 1.32 bits per heavy atom. The predicted molar refractivity (Wildman–Crippen MR) is 85.5 cm³/mol. The number of hydrogen-bond donors (Lipinski definition) is 3. The summed E-state index contributed by atoms with van der Waals surface area (Å²) in [6.07, 6.45) is 4.17. The predicted octanol–water partition coefficient (Wildman–Crippen LogP) is 1.42. The highest BCUT2D eigenvalue weighted by Gasteiger charge is 2.34. The van der Waals surface area contributed by atoms with E-state index in [1.807, 2.05) is 12.1 Å². The van der Waals surface area contributed by atoms with Gasteiger partial charge < -0.3 is 20.8 Å². The Hall–Kier alpha value is -1.59. The quantitative estimate of drug-likeness (QED) is 0.742. The molecule has 1 unspecified atom stereocenters. The third-order valence-electron chi connectivity index (χ3n) is 4.31. The molecule has 1 saturated heterocycles. The zero-order valence-corrected chi connectivity index (χ0v) is 13.0. The normalized spacial score (nSPS) is 21.8. The van der Waals surface area contributed by atoms with Crippen LogP contribution in [0.4, 0.5) is 0 Å². The molecule has 5 heteroatoms. The monoisotopic (exact) mass is 306 g/mol. The van der Waals surface area contributed by atoms with Crippen LogP contribution in [-0.4, -0.2) is 46.3 Å². The molecule has 22 heavy (non-hydrogen) atoms. The Bertz CT molecular complexity index is 485. The number of benzene rings is 1. The van der Waals surface area contributed by atoms with Gasteiger partial charge in [0, 0.05) is 19.5 Å². The molecule has 1 aliphatic rings. The molecule has 5 nitrogen and oxygen atoms in total. The maximum absolute atomic E-state index is 12.3. The van der Waals surface area contributed by atoms with E-state index in [-0.39, 0.29) is 11.7 Å². The van der Waals surface area contributed by atoms with Crippen LogP contribution in [-0.2, 0) is 11.2 Å². The summed E-state index contributed by atoms with van der Waals surface area (Å²) in [5.74, 6) is 0.362. The molecular weight excluding hydrogens is 280 g/mol. The Morgan fingerprint density at radius 3 is 2.73 bits per heavy atom. The van der Waals surface area contributed by atoms with Gasteiger partial charge in [0.15, 0.2) is 0 Å². The highest BCUT2D eigenvalue weighted by atomic mass is 16.3. The van der Waals surface area contributed by atoms with Gasteiger partial charge in [0.2, 0.25) is 5.91 Å². The molecule has 1 aliphatic heterocycles. The molecule has 0 radical (unpaired) electrons. The number of aliphatic hydroxyl groups is 1. The van der Waals surface area contributed by atoms with E-state index in [4.69, 9.17) is 5.73 Å². The van der Waals surface area contributed by atoms with Crippen molar-refractivity contribution < 1.29 is 15.0 Å². The summed E-state index contributed by atoms with van der Waals surface area (Å²) in [4.78, 5) is 14.1. The van der Waals surface area contributed by atoms with E-state index >= 15 is 0 Å².